The zero-order valence-electron chi connectivity index (χ0n) is 17.6. The van der Waals surface area contributed by atoms with Gasteiger partial charge in [0, 0.05) is 13.2 Å². The van der Waals surface area contributed by atoms with Crippen molar-refractivity contribution in [2.45, 2.75) is 92.4 Å². The van der Waals surface area contributed by atoms with Gasteiger partial charge in [-0.15, -0.1) is 0 Å². The number of carbonyl (C=O) groups excluding carboxylic acids is 1. The molecule has 0 aliphatic rings. The van der Waals surface area contributed by atoms with E-state index in [-0.39, 0.29) is 23.9 Å². The maximum Gasteiger partial charge on any atom is 0.323 e. The number of aliphatic hydroxyl groups excluding tert-OH is 1. The summed E-state index contributed by atoms with van der Waals surface area (Å²) < 4.78 is 11.2. The molecular formula is C20H41NO4. The largest absolute Gasteiger partial charge is 0.458 e. The van der Waals surface area contributed by atoms with Crippen LogP contribution in [-0.2, 0) is 14.3 Å². The second-order valence-corrected chi connectivity index (χ2v) is 9.13. The number of aliphatic hydroxyl groups is 1. The molecule has 0 rings (SSSR count). The molecule has 0 heterocycles. The Morgan fingerprint density at radius 3 is 2.24 bits per heavy atom. The van der Waals surface area contributed by atoms with E-state index >= 15 is 0 Å². The Morgan fingerprint density at radius 2 is 1.76 bits per heavy atom. The Balaban J connectivity index is 4.50. The highest BCUT2D eigenvalue weighted by Gasteiger charge is 2.33. The van der Waals surface area contributed by atoms with E-state index in [1.54, 1.807) is 0 Å². The molecule has 5 nitrogen and oxygen atoms in total. The lowest BCUT2D eigenvalue weighted by Gasteiger charge is -2.34. The number of unbranched alkanes of at least 4 members (excludes halogenated alkanes) is 1. The van der Waals surface area contributed by atoms with Crippen LogP contribution in [0.5, 0.6) is 0 Å². The second-order valence-electron chi connectivity index (χ2n) is 9.13. The summed E-state index contributed by atoms with van der Waals surface area (Å²) in [6.45, 7) is 17.6. The van der Waals surface area contributed by atoms with E-state index in [0.717, 1.165) is 19.3 Å². The fourth-order valence-corrected chi connectivity index (χ4v) is 3.03. The number of rotatable bonds is 12. The maximum absolute atomic E-state index is 12.6. The molecular weight excluding hydrogens is 318 g/mol. The van der Waals surface area contributed by atoms with Gasteiger partial charge in [0.05, 0.1) is 12.7 Å². The minimum atomic E-state index is -0.631. The van der Waals surface area contributed by atoms with E-state index < -0.39 is 17.7 Å². The topological polar surface area (TPSA) is 67.8 Å². The molecule has 0 fully saturated rings. The first-order chi connectivity index (χ1) is 11.4. The van der Waals surface area contributed by atoms with Crippen LogP contribution in [0, 0.1) is 11.3 Å². The van der Waals surface area contributed by atoms with Crippen LogP contribution in [0.4, 0.5) is 0 Å². The van der Waals surface area contributed by atoms with E-state index in [2.05, 4.69) is 33.0 Å². The minimum absolute atomic E-state index is 0.0751. The van der Waals surface area contributed by atoms with Gasteiger partial charge in [-0.3, -0.25) is 4.79 Å². The van der Waals surface area contributed by atoms with Gasteiger partial charge in [-0.1, -0.05) is 48.0 Å². The van der Waals surface area contributed by atoms with Gasteiger partial charge in [-0.25, -0.2) is 0 Å². The Kier molecular flexibility index (Phi) is 10.9. The van der Waals surface area contributed by atoms with Crippen LogP contribution in [0.15, 0.2) is 0 Å². The van der Waals surface area contributed by atoms with E-state index in [1.807, 2.05) is 27.7 Å². The van der Waals surface area contributed by atoms with Crippen molar-refractivity contribution in [3.8, 4) is 0 Å². The molecule has 0 radical (unpaired) electrons. The van der Waals surface area contributed by atoms with Crippen molar-refractivity contribution in [3.63, 3.8) is 0 Å². The standard InChI is InChI=1S/C20H41NO4/c1-9-10-11-24-13-16(22)12-21-17(15(2)3)18(23)25-20(7,8)14-19(4,5)6/h15-17,21-22H,9-14H2,1-8H3. The molecule has 0 spiro atoms. The highest BCUT2D eigenvalue weighted by molar-refractivity contribution is 5.76. The zero-order chi connectivity index (χ0) is 19.7. The van der Waals surface area contributed by atoms with E-state index in [9.17, 15) is 9.90 Å². The molecule has 0 aliphatic carbocycles. The molecule has 0 saturated carbocycles. The van der Waals surface area contributed by atoms with Crippen LogP contribution < -0.4 is 5.32 Å². The Hall–Kier alpha value is -0.650. The Morgan fingerprint density at radius 1 is 1.16 bits per heavy atom. The van der Waals surface area contributed by atoms with Crippen molar-refractivity contribution in [3.05, 3.63) is 0 Å². The normalized spacial score (nSPS) is 15.3. The Bertz CT molecular complexity index is 374. The summed E-state index contributed by atoms with van der Waals surface area (Å²) in [6, 6.07) is -0.440. The van der Waals surface area contributed by atoms with Crippen LogP contribution in [0.25, 0.3) is 0 Å². The number of hydrogen-bond acceptors (Lipinski definition) is 5. The lowest BCUT2D eigenvalue weighted by Crippen LogP contribution is -2.48. The summed E-state index contributed by atoms with van der Waals surface area (Å²) in [6.07, 6.45) is 2.21. The highest BCUT2D eigenvalue weighted by Crippen LogP contribution is 2.30. The molecule has 0 aromatic rings. The molecule has 2 N–H and O–H groups in total. The monoisotopic (exact) mass is 359 g/mol. The third-order valence-electron chi connectivity index (χ3n) is 3.78. The Labute approximate surface area is 154 Å². The van der Waals surface area contributed by atoms with Crippen molar-refractivity contribution in [2.24, 2.45) is 11.3 Å². The van der Waals surface area contributed by atoms with Gasteiger partial charge in [0.25, 0.3) is 0 Å². The summed E-state index contributed by atoms with van der Waals surface area (Å²) in [5.74, 6) is -0.186. The molecule has 0 aromatic carbocycles. The van der Waals surface area contributed by atoms with Crippen molar-refractivity contribution in [1.82, 2.24) is 5.32 Å². The molecule has 2 atom stereocenters. The van der Waals surface area contributed by atoms with Crippen LogP contribution in [0.1, 0.15) is 74.7 Å². The van der Waals surface area contributed by atoms with Gasteiger partial charge < -0.3 is 19.9 Å². The number of nitrogens with one attached hydrogen (secondary N) is 1. The molecule has 0 aliphatic heterocycles. The average Bonchev–Trinajstić information content (AvgIpc) is 2.39. The minimum Gasteiger partial charge on any atom is -0.458 e. The first kappa shape index (κ1) is 24.4. The lowest BCUT2D eigenvalue weighted by atomic mass is 9.83. The number of ether oxygens (including phenoxy) is 2. The molecule has 0 aromatic heterocycles. The van der Waals surface area contributed by atoms with E-state index in [1.165, 1.54) is 0 Å². The predicted molar refractivity (Wildman–Crippen MR) is 103 cm³/mol. The number of esters is 1. The predicted octanol–water partition coefficient (Wildman–Crippen LogP) is 3.54. The van der Waals surface area contributed by atoms with Gasteiger partial charge in [-0.2, -0.15) is 0 Å². The molecule has 2 unspecified atom stereocenters. The number of hydrogen-bond donors (Lipinski definition) is 2. The summed E-state index contributed by atoms with van der Waals surface area (Å²) in [5.41, 5.74) is -0.442. The quantitative estimate of drug-likeness (QED) is 0.412. The van der Waals surface area contributed by atoms with Gasteiger partial charge in [0.2, 0.25) is 0 Å². The molecule has 150 valence electrons. The fourth-order valence-electron chi connectivity index (χ4n) is 3.03. The van der Waals surface area contributed by atoms with Crippen molar-refractivity contribution < 1.29 is 19.4 Å². The van der Waals surface area contributed by atoms with Crippen molar-refractivity contribution in [1.29, 1.82) is 0 Å². The second kappa shape index (κ2) is 11.1. The third kappa shape index (κ3) is 12.4. The van der Waals surface area contributed by atoms with Gasteiger partial charge >= 0.3 is 5.97 Å². The summed E-state index contributed by atoms with van der Waals surface area (Å²) in [4.78, 5) is 12.6. The van der Waals surface area contributed by atoms with Gasteiger partial charge in [-0.05, 0) is 38.0 Å². The van der Waals surface area contributed by atoms with Crippen LogP contribution >= 0.6 is 0 Å². The van der Waals surface area contributed by atoms with Crippen LogP contribution in [-0.4, -0.2) is 48.6 Å². The lowest BCUT2D eigenvalue weighted by molar-refractivity contribution is -0.163. The fraction of sp³-hybridized carbons (Fsp3) is 0.950. The third-order valence-corrected chi connectivity index (χ3v) is 3.78. The van der Waals surface area contributed by atoms with E-state index in [0.29, 0.717) is 13.2 Å². The molecule has 5 heteroatoms. The van der Waals surface area contributed by atoms with Crippen LogP contribution in [0.3, 0.4) is 0 Å². The highest BCUT2D eigenvalue weighted by atomic mass is 16.6. The summed E-state index contributed by atoms with van der Waals surface area (Å²) >= 11 is 0. The number of carbonyl (C=O) groups is 1. The van der Waals surface area contributed by atoms with Gasteiger partial charge in [0.1, 0.15) is 11.6 Å². The first-order valence-corrected chi connectivity index (χ1v) is 9.60. The molecule has 0 saturated heterocycles. The SMILES string of the molecule is CCCCOCC(O)CNC(C(=O)OC(C)(C)CC(C)(C)C)C(C)C. The van der Waals surface area contributed by atoms with Crippen LogP contribution in [0.2, 0.25) is 0 Å². The molecule has 0 bridgehead atoms. The molecule has 0 amide bonds. The first-order valence-electron chi connectivity index (χ1n) is 9.60. The van der Waals surface area contributed by atoms with Crippen molar-refractivity contribution in [2.75, 3.05) is 19.8 Å². The maximum atomic E-state index is 12.6. The summed E-state index contributed by atoms with van der Waals surface area (Å²) in [7, 11) is 0. The average molecular weight is 360 g/mol. The molecule has 25 heavy (non-hydrogen) atoms. The van der Waals surface area contributed by atoms with E-state index in [4.69, 9.17) is 9.47 Å². The zero-order valence-corrected chi connectivity index (χ0v) is 17.6. The smallest absolute Gasteiger partial charge is 0.323 e. The van der Waals surface area contributed by atoms with Gasteiger partial charge in [0.15, 0.2) is 0 Å². The summed E-state index contributed by atoms with van der Waals surface area (Å²) in [5, 5.41) is 13.1. The van der Waals surface area contributed by atoms with Crippen molar-refractivity contribution >= 4 is 5.97 Å².